The Hall–Kier alpha value is -3.99. The second-order valence-electron chi connectivity index (χ2n) is 8.55. The molecule has 7 heteroatoms. The lowest BCUT2D eigenvalue weighted by Gasteiger charge is -2.19. The number of hydrogen-bond acceptors (Lipinski definition) is 6. The summed E-state index contributed by atoms with van der Waals surface area (Å²) in [5.41, 5.74) is 8.36. The molecule has 3 N–H and O–H groups in total. The molecule has 0 saturated carbocycles. The van der Waals surface area contributed by atoms with Gasteiger partial charge in [0.2, 0.25) is 0 Å². The summed E-state index contributed by atoms with van der Waals surface area (Å²) >= 11 is 0. The minimum absolute atomic E-state index is 0.389. The number of aliphatic hydroxyl groups excluding tert-OH is 1. The molecule has 0 aliphatic carbocycles. The van der Waals surface area contributed by atoms with E-state index in [2.05, 4.69) is 33.6 Å². The SMILES string of the molecule is CN1N=C(c2ccc(-c3ccccc3C#N)cc2)C(O)C1c1nc2cc3c(cc2[nH]1)CNC3. The summed E-state index contributed by atoms with van der Waals surface area (Å²) in [7, 11) is 1.86. The summed E-state index contributed by atoms with van der Waals surface area (Å²) in [5, 5.41) is 30.4. The molecule has 0 saturated heterocycles. The maximum Gasteiger partial charge on any atom is 0.136 e. The number of nitriles is 1. The molecule has 1 aromatic heterocycles. The lowest BCUT2D eigenvalue weighted by atomic mass is 9.96. The lowest BCUT2D eigenvalue weighted by Crippen LogP contribution is -2.29. The van der Waals surface area contributed by atoms with Gasteiger partial charge < -0.3 is 15.4 Å². The number of hydrogen-bond donors (Lipinski definition) is 3. The average molecular weight is 435 g/mol. The first-order valence-corrected chi connectivity index (χ1v) is 10.9. The molecular formula is C26H22N6O. The van der Waals surface area contributed by atoms with E-state index in [0.717, 1.165) is 40.8 Å². The highest BCUT2D eigenvalue weighted by molar-refractivity contribution is 6.05. The van der Waals surface area contributed by atoms with Crippen LogP contribution in [0.15, 0.2) is 65.8 Å². The number of aromatic nitrogens is 2. The van der Waals surface area contributed by atoms with Gasteiger partial charge in [-0.1, -0.05) is 42.5 Å². The number of H-pyrrole nitrogens is 1. The molecule has 2 aliphatic rings. The topological polar surface area (TPSA) is 100 Å². The highest BCUT2D eigenvalue weighted by atomic mass is 16.3. The number of aromatic amines is 1. The van der Waals surface area contributed by atoms with Crippen LogP contribution in [0.2, 0.25) is 0 Å². The molecule has 0 amide bonds. The average Bonchev–Trinajstić information content (AvgIpc) is 3.53. The zero-order valence-corrected chi connectivity index (χ0v) is 18.1. The molecule has 0 spiro atoms. The van der Waals surface area contributed by atoms with E-state index in [4.69, 9.17) is 4.98 Å². The normalized spacial score (nSPS) is 19.5. The van der Waals surface area contributed by atoms with Gasteiger partial charge in [0.1, 0.15) is 18.0 Å². The maximum absolute atomic E-state index is 11.2. The van der Waals surface area contributed by atoms with Crippen molar-refractivity contribution in [2.75, 3.05) is 7.05 Å². The van der Waals surface area contributed by atoms with E-state index in [1.165, 1.54) is 11.1 Å². The summed E-state index contributed by atoms with van der Waals surface area (Å²) < 4.78 is 0. The van der Waals surface area contributed by atoms with Crippen molar-refractivity contribution in [2.45, 2.75) is 25.2 Å². The van der Waals surface area contributed by atoms with Gasteiger partial charge in [0.05, 0.1) is 28.4 Å². The summed E-state index contributed by atoms with van der Waals surface area (Å²) in [6.45, 7) is 1.73. The smallest absolute Gasteiger partial charge is 0.136 e. The van der Waals surface area contributed by atoms with E-state index in [-0.39, 0.29) is 6.04 Å². The minimum atomic E-state index is -0.818. The Morgan fingerprint density at radius 1 is 1.03 bits per heavy atom. The van der Waals surface area contributed by atoms with E-state index in [1.807, 2.05) is 55.6 Å². The second kappa shape index (κ2) is 7.55. The molecule has 33 heavy (non-hydrogen) atoms. The monoisotopic (exact) mass is 434 g/mol. The fourth-order valence-electron chi connectivity index (χ4n) is 4.82. The minimum Gasteiger partial charge on any atom is -0.384 e. The molecule has 162 valence electrons. The molecular weight excluding hydrogens is 412 g/mol. The van der Waals surface area contributed by atoms with Crippen LogP contribution in [0.4, 0.5) is 0 Å². The number of imidazole rings is 1. The van der Waals surface area contributed by atoms with Crippen molar-refractivity contribution in [3.05, 3.63) is 88.7 Å². The molecule has 3 aromatic carbocycles. The number of fused-ring (bicyclic) bond motifs is 2. The fraction of sp³-hybridized carbons (Fsp3) is 0.192. The Kier molecular flexibility index (Phi) is 4.50. The molecule has 0 bridgehead atoms. The van der Waals surface area contributed by atoms with Crippen LogP contribution in [-0.4, -0.2) is 38.9 Å². The largest absolute Gasteiger partial charge is 0.384 e. The van der Waals surface area contributed by atoms with E-state index in [1.54, 1.807) is 5.01 Å². The van der Waals surface area contributed by atoms with Gasteiger partial charge in [-0.25, -0.2) is 4.98 Å². The van der Waals surface area contributed by atoms with Gasteiger partial charge in [-0.2, -0.15) is 10.4 Å². The van der Waals surface area contributed by atoms with Crippen molar-refractivity contribution >= 4 is 16.7 Å². The van der Waals surface area contributed by atoms with E-state index < -0.39 is 6.10 Å². The second-order valence-corrected chi connectivity index (χ2v) is 8.55. The van der Waals surface area contributed by atoms with Crippen LogP contribution in [-0.2, 0) is 13.1 Å². The quantitative estimate of drug-likeness (QED) is 0.459. The summed E-state index contributed by atoms with van der Waals surface area (Å²) in [6, 6.07) is 21.5. The predicted molar refractivity (Wildman–Crippen MR) is 126 cm³/mol. The van der Waals surface area contributed by atoms with Crippen LogP contribution in [0.25, 0.3) is 22.2 Å². The zero-order chi connectivity index (χ0) is 22.5. The van der Waals surface area contributed by atoms with Crippen LogP contribution >= 0.6 is 0 Å². The Morgan fingerprint density at radius 3 is 2.55 bits per heavy atom. The first-order valence-electron chi connectivity index (χ1n) is 10.9. The van der Waals surface area contributed by atoms with Crippen LogP contribution in [0.5, 0.6) is 0 Å². The number of aliphatic hydroxyl groups is 1. The molecule has 0 radical (unpaired) electrons. The van der Waals surface area contributed by atoms with E-state index >= 15 is 0 Å². The molecule has 4 aromatic rings. The molecule has 2 unspecified atom stereocenters. The third kappa shape index (κ3) is 3.20. The Balaban J connectivity index is 1.29. The molecule has 3 heterocycles. The molecule has 0 fully saturated rings. The Morgan fingerprint density at radius 2 is 1.76 bits per heavy atom. The maximum atomic E-state index is 11.2. The molecule has 2 aliphatic heterocycles. The standard InChI is InChI=1S/C26H22N6O/c1-32-24(26-29-21-10-18-13-28-14-19(18)11-22(21)30-26)25(33)23(31-32)16-8-6-15(7-9-16)20-5-3-2-4-17(20)12-27/h2-11,24-25,28,33H,13-14H2,1H3,(H,29,30). The van der Waals surface area contributed by atoms with Crippen LogP contribution in [0.3, 0.4) is 0 Å². The summed E-state index contributed by atoms with van der Waals surface area (Å²) in [5.74, 6) is 0.704. The van der Waals surface area contributed by atoms with Crippen molar-refractivity contribution in [3.63, 3.8) is 0 Å². The van der Waals surface area contributed by atoms with E-state index in [9.17, 15) is 10.4 Å². The van der Waals surface area contributed by atoms with Gasteiger partial charge in [0.25, 0.3) is 0 Å². The first kappa shape index (κ1) is 19.7. The third-order valence-electron chi connectivity index (χ3n) is 6.52. The number of likely N-dealkylation sites (N-methyl/N-ethyl adjacent to an activating group) is 1. The first-order chi connectivity index (χ1) is 16.1. The van der Waals surface area contributed by atoms with Crippen molar-refractivity contribution in [2.24, 2.45) is 5.10 Å². The lowest BCUT2D eigenvalue weighted by molar-refractivity contribution is 0.134. The van der Waals surface area contributed by atoms with Crippen molar-refractivity contribution in [3.8, 4) is 17.2 Å². The Bertz CT molecular complexity index is 1410. The van der Waals surface area contributed by atoms with Gasteiger partial charge in [-0.15, -0.1) is 0 Å². The zero-order valence-electron chi connectivity index (χ0n) is 18.1. The molecule has 6 rings (SSSR count). The molecule has 2 atom stereocenters. The fourth-order valence-corrected chi connectivity index (χ4v) is 4.82. The van der Waals surface area contributed by atoms with Crippen molar-refractivity contribution < 1.29 is 5.11 Å². The molecule has 7 nitrogen and oxygen atoms in total. The van der Waals surface area contributed by atoms with Crippen LogP contribution in [0.1, 0.15) is 34.1 Å². The van der Waals surface area contributed by atoms with Gasteiger partial charge in [0, 0.05) is 25.7 Å². The number of nitrogens with one attached hydrogen (secondary N) is 2. The van der Waals surface area contributed by atoms with Crippen molar-refractivity contribution in [1.82, 2.24) is 20.3 Å². The third-order valence-corrected chi connectivity index (χ3v) is 6.52. The van der Waals surface area contributed by atoms with Crippen LogP contribution < -0.4 is 5.32 Å². The van der Waals surface area contributed by atoms with Crippen molar-refractivity contribution in [1.29, 1.82) is 5.26 Å². The van der Waals surface area contributed by atoms with Gasteiger partial charge in [0.15, 0.2) is 0 Å². The highest BCUT2D eigenvalue weighted by Crippen LogP contribution is 2.33. The highest BCUT2D eigenvalue weighted by Gasteiger charge is 2.38. The number of nitrogens with zero attached hydrogens (tertiary/aromatic N) is 4. The summed E-state index contributed by atoms with van der Waals surface area (Å²) in [6.07, 6.45) is -0.818. The van der Waals surface area contributed by atoms with Gasteiger partial charge >= 0.3 is 0 Å². The van der Waals surface area contributed by atoms with E-state index in [0.29, 0.717) is 17.1 Å². The van der Waals surface area contributed by atoms with Crippen LogP contribution in [0, 0.1) is 11.3 Å². The number of rotatable bonds is 3. The number of benzene rings is 3. The predicted octanol–water partition coefficient (Wildman–Crippen LogP) is 3.46. The number of hydrazone groups is 1. The van der Waals surface area contributed by atoms with Gasteiger partial charge in [-0.05, 0) is 40.5 Å². The summed E-state index contributed by atoms with van der Waals surface area (Å²) in [4.78, 5) is 8.18. The van der Waals surface area contributed by atoms with Gasteiger partial charge in [-0.3, -0.25) is 5.01 Å². The Labute approximate surface area is 191 Å².